The van der Waals surface area contributed by atoms with Crippen LogP contribution in [0.25, 0.3) is 0 Å². The van der Waals surface area contributed by atoms with Crippen molar-refractivity contribution in [1.29, 1.82) is 0 Å². The molecule has 0 fully saturated rings. The van der Waals surface area contributed by atoms with Gasteiger partial charge in [0.1, 0.15) is 0 Å². The first-order chi connectivity index (χ1) is 12.9. The predicted octanol–water partition coefficient (Wildman–Crippen LogP) is 0.263. The lowest BCUT2D eigenvalue weighted by atomic mass is 10.5. The van der Waals surface area contributed by atoms with E-state index < -0.39 is 29.4 Å². The highest BCUT2D eigenvalue weighted by molar-refractivity contribution is 7.97. The quantitative estimate of drug-likeness (QED) is 0.351. The summed E-state index contributed by atoms with van der Waals surface area (Å²) in [5.74, 6) is 6.73. The fraction of sp³-hybridized carbons (Fsp3) is 0.882. The predicted molar refractivity (Wildman–Crippen MR) is 133 cm³/mol. The number of nitrogens with one attached hydrogen (secondary N) is 2. The molecular weight excluding hydrogens is 438 g/mol. The second-order valence-corrected chi connectivity index (χ2v) is 12.9. The Morgan fingerprint density at radius 3 is 1.41 bits per heavy atom. The first-order valence-corrected chi connectivity index (χ1v) is 15.1. The van der Waals surface area contributed by atoms with Crippen LogP contribution in [-0.2, 0) is 34.2 Å². The van der Waals surface area contributed by atoms with E-state index in [4.69, 9.17) is 9.84 Å². The number of methoxy groups -OCH3 is 1. The van der Waals surface area contributed by atoms with Crippen LogP contribution in [0.2, 0.25) is 0 Å². The van der Waals surface area contributed by atoms with Gasteiger partial charge in [-0.25, -0.2) is 22.2 Å². The number of sulfonamides is 1. The lowest BCUT2D eigenvalue weighted by Gasteiger charge is -2.09. The van der Waals surface area contributed by atoms with Gasteiger partial charge >= 0.3 is 0 Å². The van der Waals surface area contributed by atoms with Crippen LogP contribution in [0.15, 0.2) is 0 Å². The first kappa shape index (κ1) is 39.3. The molecule has 9 nitrogen and oxygen atoms in total. The second kappa shape index (κ2) is 24.1. The highest BCUT2D eigenvalue weighted by Crippen LogP contribution is 1.83. The van der Waals surface area contributed by atoms with Crippen molar-refractivity contribution < 1.29 is 26.7 Å². The number of aliphatic hydroxyl groups is 1. The summed E-state index contributed by atoms with van der Waals surface area (Å²) in [7, 11) is -0.135. The standard InChI is InChI=1S/C5H13NO3S.C4H11NOS.C3H9NOS.C3H8.C2H6O/c1-9-5-3-4-6-10(2,7)8;1-5(2)7(3,4)6;1-4-6(2,3)5;1-3-2;1-2-3/h6H,3-5H2,1-2H3;3H2,1-2,4H3;2H2,1,3H3,(H,4,5);3H2,1-2H3;3H,2H2,1H3. The maximum Gasteiger partial charge on any atom is 0.208 e. The molecule has 0 amide bonds. The molecule has 0 spiro atoms. The maximum atomic E-state index is 10.7. The molecule has 3 N–H and O–H groups in total. The number of rotatable bonds is 7. The van der Waals surface area contributed by atoms with Crippen molar-refractivity contribution in [3.05, 3.63) is 0 Å². The van der Waals surface area contributed by atoms with E-state index in [1.165, 1.54) is 6.42 Å². The molecule has 0 aromatic carbocycles. The summed E-state index contributed by atoms with van der Waals surface area (Å²) in [5.41, 5.74) is 0. The van der Waals surface area contributed by atoms with Crippen molar-refractivity contribution in [2.75, 3.05) is 66.8 Å². The lowest BCUT2D eigenvalue weighted by molar-refractivity contribution is 0.196. The zero-order valence-electron chi connectivity index (χ0n) is 20.1. The van der Waals surface area contributed by atoms with E-state index in [2.05, 4.69) is 35.0 Å². The molecule has 29 heavy (non-hydrogen) atoms. The first-order valence-electron chi connectivity index (χ1n) is 8.94. The van der Waals surface area contributed by atoms with Crippen molar-refractivity contribution in [2.24, 2.45) is 0 Å². The molecular formula is C17H47N3O6S3. The SMILES string of the molecule is C=S(C)(=O)N(C)C.C=S(C)(=O)NC.CCC.CCO.COCCCNS(C)(=O)=O. The van der Waals surface area contributed by atoms with Crippen molar-refractivity contribution >= 4 is 41.2 Å². The van der Waals surface area contributed by atoms with Gasteiger partial charge in [-0.1, -0.05) is 20.3 Å². The van der Waals surface area contributed by atoms with Gasteiger partial charge in [-0.05, 0) is 46.2 Å². The Bertz CT molecular complexity index is 615. The van der Waals surface area contributed by atoms with Gasteiger partial charge in [0, 0.05) is 58.8 Å². The smallest absolute Gasteiger partial charge is 0.208 e. The van der Waals surface area contributed by atoms with E-state index >= 15 is 0 Å². The fourth-order valence-electron chi connectivity index (χ4n) is 0.474. The van der Waals surface area contributed by atoms with E-state index in [1.807, 2.05) is 0 Å². The monoisotopic (exact) mass is 485 g/mol. The molecule has 0 aliphatic carbocycles. The van der Waals surface area contributed by atoms with Crippen LogP contribution in [0.4, 0.5) is 0 Å². The third-order valence-corrected chi connectivity index (χ3v) is 5.23. The van der Waals surface area contributed by atoms with Gasteiger partial charge in [0.05, 0.1) is 6.26 Å². The third kappa shape index (κ3) is 74.1. The summed E-state index contributed by atoms with van der Waals surface area (Å²) in [6.45, 7) is 7.22. The average Bonchev–Trinajstić information content (AvgIpc) is 2.52. The molecule has 0 saturated heterocycles. The Kier molecular flexibility index (Phi) is 32.6. The Hall–Kier alpha value is -0.210. The lowest BCUT2D eigenvalue weighted by Crippen LogP contribution is -2.23. The van der Waals surface area contributed by atoms with Crippen molar-refractivity contribution in [2.45, 2.75) is 33.6 Å². The highest BCUT2D eigenvalue weighted by atomic mass is 32.2. The van der Waals surface area contributed by atoms with E-state index in [-0.39, 0.29) is 6.61 Å². The van der Waals surface area contributed by atoms with Crippen LogP contribution in [0.3, 0.4) is 0 Å². The molecule has 0 aromatic heterocycles. The molecule has 184 valence electrons. The minimum Gasteiger partial charge on any atom is -0.397 e. The van der Waals surface area contributed by atoms with E-state index in [9.17, 15) is 16.8 Å². The average molecular weight is 486 g/mol. The van der Waals surface area contributed by atoms with Gasteiger partial charge in [-0.2, -0.15) is 0 Å². The molecule has 0 rings (SSSR count). The van der Waals surface area contributed by atoms with Gasteiger partial charge in [-0.3, -0.25) is 8.42 Å². The third-order valence-electron chi connectivity index (χ3n) is 2.09. The van der Waals surface area contributed by atoms with Gasteiger partial charge in [0.2, 0.25) is 10.0 Å². The molecule has 0 aliphatic rings. The van der Waals surface area contributed by atoms with Gasteiger partial charge in [0.15, 0.2) is 0 Å². The Balaban J connectivity index is -0.0000000894. The van der Waals surface area contributed by atoms with Crippen LogP contribution in [0.5, 0.6) is 0 Å². The summed E-state index contributed by atoms with van der Waals surface area (Å²) in [6, 6.07) is 0. The summed E-state index contributed by atoms with van der Waals surface area (Å²) in [5, 5.41) is 7.57. The minimum absolute atomic E-state index is 0.250. The number of nitrogens with zero attached hydrogens (tertiary/aromatic N) is 1. The topological polar surface area (TPSA) is 125 Å². The summed E-state index contributed by atoms with van der Waals surface area (Å²) in [6.07, 6.45) is 6.25. The van der Waals surface area contributed by atoms with E-state index in [0.29, 0.717) is 19.6 Å². The van der Waals surface area contributed by atoms with Gasteiger partial charge in [-0.15, -0.1) is 0 Å². The van der Waals surface area contributed by atoms with Crippen LogP contribution in [0, 0.1) is 0 Å². The van der Waals surface area contributed by atoms with Crippen LogP contribution < -0.4 is 9.44 Å². The van der Waals surface area contributed by atoms with Gasteiger partial charge < -0.3 is 9.84 Å². The van der Waals surface area contributed by atoms with Crippen molar-refractivity contribution in [3.8, 4) is 0 Å². The van der Waals surface area contributed by atoms with Gasteiger partial charge in [0.25, 0.3) is 0 Å². The molecule has 12 heteroatoms. The zero-order chi connectivity index (χ0) is 24.7. The number of hydrogen-bond donors (Lipinski definition) is 3. The molecule has 0 heterocycles. The second-order valence-electron chi connectivity index (χ2n) is 6.02. The van der Waals surface area contributed by atoms with Crippen LogP contribution >= 0.6 is 0 Å². The van der Waals surface area contributed by atoms with Crippen LogP contribution in [-0.4, -0.2) is 105 Å². The number of hydrogen-bond acceptors (Lipinski definition) is 6. The highest BCUT2D eigenvalue weighted by Gasteiger charge is 1.97. The Morgan fingerprint density at radius 2 is 1.28 bits per heavy atom. The summed E-state index contributed by atoms with van der Waals surface area (Å²) >= 11 is 0. The molecule has 0 saturated carbocycles. The number of ether oxygens (including phenoxy) is 1. The normalized spacial score (nSPS) is 14.1. The number of aliphatic hydroxyl groups excluding tert-OH is 1. The van der Waals surface area contributed by atoms with E-state index in [0.717, 1.165) is 6.26 Å². The van der Waals surface area contributed by atoms with Crippen molar-refractivity contribution in [1.82, 2.24) is 13.7 Å². The zero-order valence-corrected chi connectivity index (χ0v) is 22.6. The van der Waals surface area contributed by atoms with E-state index in [1.54, 1.807) is 52.0 Å². The molecule has 2 unspecified atom stereocenters. The summed E-state index contributed by atoms with van der Waals surface area (Å²) < 4.78 is 53.1. The Morgan fingerprint density at radius 1 is 1.00 bits per heavy atom. The molecule has 0 aromatic rings. The van der Waals surface area contributed by atoms with Crippen molar-refractivity contribution in [3.63, 3.8) is 0 Å². The molecule has 0 radical (unpaired) electrons. The molecule has 0 bridgehead atoms. The van der Waals surface area contributed by atoms with Crippen LogP contribution in [0.1, 0.15) is 33.6 Å². The fourth-order valence-corrected chi connectivity index (χ4v) is 0.989. The Labute approximate surface area is 181 Å². The maximum absolute atomic E-state index is 10.7. The minimum atomic E-state index is -3.01. The molecule has 2 atom stereocenters. The largest absolute Gasteiger partial charge is 0.397 e. The summed E-state index contributed by atoms with van der Waals surface area (Å²) in [4.78, 5) is 0. The molecule has 0 aliphatic heterocycles.